The SMILES string of the molecule is Cc1c(NC(=O)CC(C)(C)c2ccccc2)cccc1C(N)=O. The predicted molar refractivity (Wildman–Crippen MR) is 92.4 cm³/mol. The van der Waals surface area contributed by atoms with E-state index in [0.717, 1.165) is 5.56 Å². The largest absolute Gasteiger partial charge is 0.366 e. The van der Waals surface area contributed by atoms with Crippen LogP contribution in [0.3, 0.4) is 0 Å². The highest BCUT2D eigenvalue weighted by atomic mass is 16.2. The Bertz CT molecular complexity index is 721. The minimum Gasteiger partial charge on any atom is -0.366 e. The van der Waals surface area contributed by atoms with Crippen molar-refractivity contribution in [2.45, 2.75) is 32.6 Å². The summed E-state index contributed by atoms with van der Waals surface area (Å²) < 4.78 is 0. The van der Waals surface area contributed by atoms with Crippen molar-refractivity contribution in [3.63, 3.8) is 0 Å². The van der Waals surface area contributed by atoms with E-state index in [1.165, 1.54) is 0 Å². The smallest absolute Gasteiger partial charge is 0.249 e. The van der Waals surface area contributed by atoms with Gasteiger partial charge in [-0.2, -0.15) is 0 Å². The normalized spacial score (nSPS) is 11.1. The Hall–Kier alpha value is -2.62. The second kappa shape index (κ2) is 6.65. The number of carbonyl (C=O) groups excluding carboxylic acids is 2. The molecule has 23 heavy (non-hydrogen) atoms. The Kier molecular flexibility index (Phi) is 4.84. The number of amides is 2. The molecule has 120 valence electrons. The van der Waals surface area contributed by atoms with E-state index in [1.54, 1.807) is 25.1 Å². The van der Waals surface area contributed by atoms with Crippen molar-refractivity contribution in [2.24, 2.45) is 5.73 Å². The Balaban J connectivity index is 2.14. The third kappa shape index (κ3) is 3.97. The van der Waals surface area contributed by atoms with Gasteiger partial charge in [-0.1, -0.05) is 50.2 Å². The molecule has 0 aliphatic carbocycles. The topological polar surface area (TPSA) is 72.2 Å². The second-order valence-electron chi connectivity index (χ2n) is 6.32. The van der Waals surface area contributed by atoms with Gasteiger partial charge in [-0.15, -0.1) is 0 Å². The zero-order valence-electron chi connectivity index (χ0n) is 13.7. The van der Waals surface area contributed by atoms with Crippen LogP contribution < -0.4 is 11.1 Å². The summed E-state index contributed by atoms with van der Waals surface area (Å²) in [7, 11) is 0. The lowest BCUT2D eigenvalue weighted by molar-refractivity contribution is -0.117. The molecule has 0 aliphatic heterocycles. The molecule has 0 fully saturated rings. The van der Waals surface area contributed by atoms with Crippen LogP contribution in [0, 0.1) is 6.92 Å². The fourth-order valence-electron chi connectivity index (χ4n) is 2.63. The van der Waals surface area contributed by atoms with Gasteiger partial charge in [0.1, 0.15) is 0 Å². The molecule has 0 aromatic heterocycles. The van der Waals surface area contributed by atoms with Crippen molar-refractivity contribution in [2.75, 3.05) is 5.32 Å². The lowest BCUT2D eigenvalue weighted by atomic mass is 9.81. The van der Waals surface area contributed by atoms with Crippen LogP contribution in [-0.2, 0) is 10.2 Å². The van der Waals surface area contributed by atoms with Crippen molar-refractivity contribution in [1.82, 2.24) is 0 Å². The van der Waals surface area contributed by atoms with Crippen LogP contribution in [-0.4, -0.2) is 11.8 Å². The highest BCUT2D eigenvalue weighted by Crippen LogP contribution is 2.28. The molecular weight excluding hydrogens is 288 g/mol. The van der Waals surface area contributed by atoms with Gasteiger partial charge < -0.3 is 11.1 Å². The van der Waals surface area contributed by atoms with Gasteiger partial charge in [-0.3, -0.25) is 9.59 Å². The molecule has 0 saturated heterocycles. The van der Waals surface area contributed by atoms with Crippen LogP contribution in [0.25, 0.3) is 0 Å². The Morgan fingerprint density at radius 2 is 1.70 bits per heavy atom. The maximum atomic E-state index is 12.4. The first-order valence-electron chi connectivity index (χ1n) is 7.56. The number of benzene rings is 2. The molecule has 0 saturated carbocycles. The van der Waals surface area contributed by atoms with E-state index >= 15 is 0 Å². The summed E-state index contributed by atoms with van der Waals surface area (Å²) in [5.41, 5.74) is 7.90. The van der Waals surface area contributed by atoms with E-state index in [0.29, 0.717) is 23.2 Å². The molecule has 4 nitrogen and oxygen atoms in total. The number of hydrogen-bond acceptors (Lipinski definition) is 2. The average Bonchev–Trinajstić information content (AvgIpc) is 2.49. The molecule has 0 radical (unpaired) electrons. The highest BCUT2D eigenvalue weighted by Gasteiger charge is 2.24. The molecule has 3 N–H and O–H groups in total. The molecule has 2 aromatic rings. The number of carbonyl (C=O) groups is 2. The van der Waals surface area contributed by atoms with Crippen molar-refractivity contribution >= 4 is 17.5 Å². The fraction of sp³-hybridized carbons (Fsp3) is 0.263. The van der Waals surface area contributed by atoms with E-state index in [1.807, 2.05) is 44.2 Å². The summed E-state index contributed by atoms with van der Waals surface area (Å²) in [5, 5.41) is 2.88. The molecule has 0 unspecified atom stereocenters. The van der Waals surface area contributed by atoms with Gasteiger partial charge in [0.15, 0.2) is 0 Å². The quantitative estimate of drug-likeness (QED) is 0.888. The van der Waals surface area contributed by atoms with Crippen LogP contribution in [0.15, 0.2) is 48.5 Å². The summed E-state index contributed by atoms with van der Waals surface area (Å²) >= 11 is 0. The molecule has 0 atom stereocenters. The molecule has 0 aliphatic rings. The van der Waals surface area contributed by atoms with E-state index < -0.39 is 5.91 Å². The van der Waals surface area contributed by atoms with Crippen molar-refractivity contribution in [3.8, 4) is 0 Å². The van der Waals surface area contributed by atoms with Crippen LogP contribution in [0.2, 0.25) is 0 Å². The first-order valence-corrected chi connectivity index (χ1v) is 7.56. The summed E-state index contributed by atoms with van der Waals surface area (Å²) in [5.74, 6) is -0.591. The number of primary amides is 1. The molecule has 2 amide bonds. The van der Waals surface area contributed by atoms with Crippen LogP contribution in [0.5, 0.6) is 0 Å². The van der Waals surface area contributed by atoms with Gasteiger partial charge in [0.25, 0.3) is 0 Å². The summed E-state index contributed by atoms with van der Waals surface area (Å²) in [6, 6.07) is 15.1. The minimum atomic E-state index is -0.497. The van der Waals surface area contributed by atoms with E-state index in [9.17, 15) is 9.59 Å². The molecular formula is C19H22N2O2. The van der Waals surface area contributed by atoms with Crippen molar-refractivity contribution in [1.29, 1.82) is 0 Å². The summed E-state index contributed by atoms with van der Waals surface area (Å²) in [6.45, 7) is 5.85. The van der Waals surface area contributed by atoms with E-state index in [2.05, 4.69) is 5.32 Å². The average molecular weight is 310 g/mol. The van der Waals surface area contributed by atoms with Gasteiger partial charge in [0, 0.05) is 17.7 Å². The Morgan fingerprint density at radius 3 is 2.30 bits per heavy atom. The first-order chi connectivity index (χ1) is 10.8. The maximum Gasteiger partial charge on any atom is 0.249 e. The molecule has 2 rings (SSSR count). The molecule has 2 aromatic carbocycles. The summed E-state index contributed by atoms with van der Waals surface area (Å²) in [4.78, 5) is 23.8. The highest BCUT2D eigenvalue weighted by molar-refractivity contribution is 5.98. The second-order valence-corrected chi connectivity index (χ2v) is 6.32. The number of nitrogens with one attached hydrogen (secondary N) is 1. The lowest BCUT2D eigenvalue weighted by Crippen LogP contribution is -2.26. The van der Waals surface area contributed by atoms with E-state index in [-0.39, 0.29) is 11.3 Å². The van der Waals surface area contributed by atoms with Crippen LogP contribution >= 0.6 is 0 Å². The lowest BCUT2D eigenvalue weighted by Gasteiger charge is -2.25. The van der Waals surface area contributed by atoms with Crippen LogP contribution in [0.4, 0.5) is 5.69 Å². The van der Waals surface area contributed by atoms with Crippen molar-refractivity contribution in [3.05, 3.63) is 65.2 Å². The number of rotatable bonds is 5. The van der Waals surface area contributed by atoms with Gasteiger partial charge in [-0.25, -0.2) is 0 Å². The molecule has 0 bridgehead atoms. The van der Waals surface area contributed by atoms with E-state index in [4.69, 9.17) is 5.73 Å². The first kappa shape index (κ1) is 16.7. The predicted octanol–water partition coefficient (Wildman–Crippen LogP) is 3.40. The van der Waals surface area contributed by atoms with Gasteiger partial charge in [-0.05, 0) is 35.6 Å². The number of anilines is 1. The minimum absolute atomic E-state index is 0.0939. The standard InChI is InChI=1S/C19H22N2O2/c1-13-15(18(20)23)10-7-11-16(13)21-17(22)12-19(2,3)14-8-5-4-6-9-14/h4-11H,12H2,1-3H3,(H2,20,23)(H,21,22). The zero-order chi connectivity index (χ0) is 17.0. The molecule has 4 heteroatoms. The zero-order valence-corrected chi connectivity index (χ0v) is 13.7. The molecule has 0 spiro atoms. The third-order valence-corrected chi connectivity index (χ3v) is 4.03. The Labute approximate surface area is 136 Å². The van der Waals surface area contributed by atoms with Gasteiger partial charge in [0.2, 0.25) is 11.8 Å². The fourth-order valence-corrected chi connectivity index (χ4v) is 2.63. The van der Waals surface area contributed by atoms with Gasteiger partial charge >= 0.3 is 0 Å². The maximum absolute atomic E-state index is 12.4. The number of hydrogen-bond donors (Lipinski definition) is 2. The molecule has 0 heterocycles. The van der Waals surface area contributed by atoms with Crippen LogP contribution in [0.1, 0.15) is 41.8 Å². The Morgan fingerprint density at radius 1 is 1.04 bits per heavy atom. The third-order valence-electron chi connectivity index (χ3n) is 4.03. The van der Waals surface area contributed by atoms with Gasteiger partial charge in [0.05, 0.1) is 0 Å². The van der Waals surface area contributed by atoms with Crippen molar-refractivity contribution < 1.29 is 9.59 Å². The summed E-state index contributed by atoms with van der Waals surface area (Å²) in [6.07, 6.45) is 0.344. The monoisotopic (exact) mass is 310 g/mol. The number of nitrogens with two attached hydrogens (primary N) is 1.